The Hall–Kier alpha value is -2.41. The molecule has 0 aliphatic carbocycles. The number of hydrogen-bond donors (Lipinski definition) is 1. The SMILES string of the molecule is Cc1ccc2c(c1)CCCN2S(=O)(=O)c1cc2c(cc1F)NC(=O)CC2. The van der Waals surface area contributed by atoms with Gasteiger partial charge >= 0.3 is 0 Å². The molecule has 2 heterocycles. The molecule has 136 valence electrons. The molecule has 2 aliphatic rings. The van der Waals surface area contributed by atoms with Crippen LogP contribution in [0.3, 0.4) is 0 Å². The summed E-state index contributed by atoms with van der Waals surface area (Å²) in [7, 11) is -4.02. The Balaban J connectivity index is 1.80. The first-order valence-corrected chi connectivity index (χ1v) is 10.0. The highest BCUT2D eigenvalue weighted by Gasteiger charge is 2.32. The molecule has 4 rings (SSSR count). The van der Waals surface area contributed by atoms with Gasteiger partial charge in [-0.25, -0.2) is 12.8 Å². The number of halogens is 1. The van der Waals surface area contributed by atoms with Gasteiger partial charge in [-0.2, -0.15) is 0 Å². The maximum Gasteiger partial charge on any atom is 0.267 e. The van der Waals surface area contributed by atoms with Crippen LogP contribution in [0.5, 0.6) is 0 Å². The van der Waals surface area contributed by atoms with Crippen LogP contribution in [0.2, 0.25) is 0 Å². The van der Waals surface area contributed by atoms with E-state index in [1.165, 1.54) is 10.4 Å². The van der Waals surface area contributed by atoms with Gasteiger partial charge in [0, 0.05) is 18.7 Å². The molecule has 0 atom stereocenters. The van der Waals surface area contributed by atoms with Gasteiger partial charge in [-0.05, 0) is 55.5 Å². The first-order chi connectivity index (χ1) is 12.4. The van der Waals surface area contributed by atoms with Gasteiger partial charge in [0.05, 0.1) is 5.69 Å². The van der Waals surface area contributed by atoms with Crippen molar-refractivity contribution in [2.45, 2.75) is 37.5 Å². The molecule has 0 aromatic heterocycles. The molecule has 0 bridgehead atoms. The van der Waals surface area contributed by atoms with Crippen LogP contribution in [-0.2, 0) is 27.7 Å². The third kappa shape index (κ3) is 2.76. The van der Waals surface area contributed by atoms with Crippen LogP contribution in [0.25, 0.3) is 0 Å². The van der Waals surface area contributed by atoms with E-state index in [0.717, 1.165) is 23.6 Å². The van der Waals surface area contributed by atoms with Crippen LogP contribution in [0.1, 0.15) is 29.5 Å². The minimum atomic E-state index is -4.02. The summed E-state index contributed by atoms with van der Waals surface area (Å²) in [5, 5.41) is 2.59. The Morgan fingerprint density at radius 2 is 1.88 bits per heavy atom. The fraction of sp³-hybridized carbons (Fsp3) is 0.316. The Bertz CT molecular complexity index is 1020. The first kappa shape index (κ1) is 17.0. The number of nitrogens with one attached hydrogen (secondary N) is 1. The number of anilines is 2. The molecular weight excluding hydrogens is 355 g/mol. The largest absolute Gasteiger partial charge is 0.326 e. The molecule has 1 N–H and O–H groups in total. The second-order valence-corrected chi connectivity index (χ2v) is 8.63. The zero-order valence-electron chi connectivity index (χ0n) is 14.4. The van der Waals surface area contributed by atoms with Crippen LogP contribution in [-0.4, -0.2) is 20.9 Å². The molecule has 2 aliphatic heterocycles. The number of carbonyl (C=O) groups excluding carboxylic acids is 1. The standard InChI is InChI=1S/C19H19FN2O3S/c1-12-4-6-17-14(9-12)3-2-8-22(17)26(24,25)18-10-13-5-7-19(23)21-16(13)11-15(18)20/h4,6,9-11H,2-3,5,7-8H2,1H3,(H,21,23). The average molecular weight is 374 g/mol. The van der Waals surface area contributed by atoms with Crippen LogP contribution in [0.4, 0.5) is 15.8 Å². The highest BCUT2D eigenvalue weighted by molar-refractivity contribution is 7.92. The number of aryl methyl sites for hydroxylation is 3. The molecule has 7 heteroatoms. The average Bonchev–Trinajstić information content (AvgIpc) is 2.60. The van der Waals surface area contributed by atoms with Crippen molar-refractivity contribution in [3.05, 3.63) is 52.8 Å². The summed E-state index contributed by atoms with van der Waals surface area (Å²) in [5.74, 6) is -1.03. The van der Waals surface area contributed by atoms with Crippen LogP contribution in [0.15, 0.2) is 35.2 Å². The summed E-state index contributed by atoms with van der Waals surface area (Å²) in [6.07, 6.45) is 2.17. The normalized spacial score (nSPS) is 16.7. The molecule has 0 radical (unpaired) electrons. The molecular formula is C19H19FN2O3S. The van der Waals surface area contributed by atoms with E-state index < -0.39 is 15.8 Å². The second-order valence-electron chi connectivity index (χ2n) is 6.80. The van der Waals surface area contributed by atoms with Gasteiger partial charge in [0.1, 0.15) is 10.7 Å². The van der Waals surface area contributed by atoms with E-state index in [-0.39, 0.29) is 17.2 Å². The zero-order chi connectivity index (χ0) is 18.5. The molecule has 0 saturated carbocycles. The lowest BCUT2D eigenvalue weighted by Gasteiger charge is -2.31. The minimum absolute atomic E-state index is 0.187. The Kier molecular flexibility index (Phi) is 3.99. The van der Waals surface area contributed by atoms with E-state index in [2.05, 4.69) is 5.32 Å². The molecule has 0 saturated heterocycles. The highest BCUT2D eigenvalue weighted by atomic mass is 32.2. The number of fused-ring (bicyclic) bond motifs is 2. The lowest BCUT2D eigenvalue weighted by atomic mass is 10.0. The van der Waals surface area contributed by atoms with Crippen LogP contribution >= 0.6 is 0 Å². The van der Waals surface area contributed by atoms with Crippen molar-refractivity contribution >= 4 is 27.3 Å². The van der Waals surface area contributed by atoms with Gasteiger partial charge in [-0.3, -0.25) is 9.10 Å². The molecule has 2 aromatic carbocycles. The summed E-state index contributed by atoms with van der Waals surface area (Å²) in [6, 6.07) is 8.11. The molecule has 26 heavy (non-hydrogen) atoms. The Morgan fingerprint density at radius 1 is 1.08 bits per heavy atom. The Morgan fingerprint density at radius 3 is 2.69 bits per heavy atom. The van der Waals surface area contributed by atoms with Gasteiger partial charge in [-0.15, -0.1) is 0 Å². The van der Waals surface area contributed by atoms with Gasteiger partial charge in [0.25, 0.3) is 10.0 Å². The van der Waals surface area contributed by atoms with Crippen molar-refractivity contribution in [2.75, 3.05) is 16.2 Å². The van der Waals surface area contributed by atoms with Crippen LogP contribution < -0.4 is 9.62 Å². The van der Waals surface area contributed by atoms with Crippen molar-refractivity contribution in [1.82, 2.24) is 0 Å². The maximum absolute atomic E-state index is 14.6. The fourth-order valence-corrected chi connectivity index (χ4v) is 5.28. The molecule has 0 fully saturated rings. The van der Waals surface area contributed by atoms with Crippen molar-refractivity contribution in [1.29, 1.82) is 0 Å². The van der Waals surface area contributed by atoms with E-state index in [0.29, 0.717) is 36.3 Å². The van der Waals surface area contributed by atoms with Crippen LogP contribution in [0, 0.1) is 12.7 Å². The second kappa shape index (κ2) is 6.09. The lowest BCUT2D eigenvalue weighted by Crippen LogP contribution is -2.36. The quantitative estimate of drug-likeness (QED) is 0.878. The zero-order valence-corrected chi connectivity index (χ0v) is 15.2. The topological polar surface area (TPSA) is 66.5 Å². The summed E-state index contributed by atoms with van der Waals surface area (Å²) in [6.45, 7) is 2.29. The minimum Gasteiger partial charge on any atom is -0.326 e. The van der Waals surface area contributed by atoms with Crippen molar-refractivity contribution in [3.8, 4) is 0 Å². The van der Waals surface area contributed by atoms with E-state index in [9.17, 15) is 17.6 Å². The predicted octanol–water partition coefficient (Wildman–Crippen LogP) is 3.16. The lowest BCUT2D eigenvalue weighted by molar-refractivity contribution is -0.116. The number of nitrogens with zero attached hydrogens (tertiary/aromatic N) is 1. The molecule has 0 unspecified atom stereocenters. The van der Waals surface area contributed by atoms with Crippen molar-refractivity contribution in [2.24, 2.45) is 0 Å². The predicted molar refractivity (Wildman–Crippen MR) is 97.4 cm³/mol. The van der Waals surface area contributed by atoms with E-state index in [4.69, 9.17) is 0 Å². The van der Waals surface area contributed by atoms with Gasteiger partial charge in [-0.1, -0.05) is 17.7 Å². The van der Waals surface area contributed by atoms with Crippen molar-refractivity contribution in [3.63, 3.8) is 0 Å². The number of benzene rings is 2. The number of hydrogen-bond acceptors (Lipinski definition) is 3. The van der Waals surface area contributed by atoms with Gasteiger partial charge in [0.2, 0.25) is 5.91 Å². The van der Waals surface area contributed by atoms with E-state index in [1.54, 1.807) is 6.07 Å². The smallest absolute Gasteiger partial charge is 0.267 e. The first-order valence-electron chi connectivity index (χ1n) is 8.61. The molecule has 0 spiro atoms. The monoisotopic (exact) mass is 374 g/mol. The Labute approximate surface area is 151 Å². The van der Waals surface area contributed by atoms with Crippen molar-refractivity contribution < 1.29 is 17.6 Å². The van der Waals surface area contributed by atoms with E-state index >= 15 is 0 Å². The summed E-state index contributed by atoms with van der Waals surface area (Å²) >= 11 is 0. The third-order valence-corrected chi connectivity index (χ3v) is 6.76. The number of sulfonamides is 1. The summed E-state index contributed by atoms with van der Waals surface area (Å²) in [5.41, 5.74) is 3.65. The van der Waals surface area contributed by atoms with Gasteiger partial charge in [0.15, 0.2) is 0 Å². The number of amides is 1. The molecule has 5 nitrogen and oxygen atoms in total. The highest BCUT2D eigenvalue weighted by Crippen LogP contribution is 2.35. The number of rotatable bonds is 2. The summed E-state index contributed by atoms with van der Waals surface area (Å²) in [4.78, 5) is 11.1. The maximum atomic E-state index is 14.6. The third-order valence-electron chi connectivity index (χ3n) is 4.93. The number of carbonyl (C=O) groups is 1. The molecule has 1 amide bonds. The fourth-order valence-electron chi connectivity index (χ4n) is 3.64. The molecule has 2 aromatic rings. The van der Waals surface area contributed by atoms with E-state index in [1.807, 2.05) is 19.1 Å². The van der Waals surface area contributed by atoms with Gasteiger partial charge < -0.3 is 5.32 Å². The summed E-state index contributed by atoms with van der Waals surface area (Å²) < 4.78 is 42.4.